The van der Waals surface area contributed by atoms with E-state index in [1.54, 1.807) is 0 Å². The lowest BCUT2D eigenvalue weighted by Crippen LogP contribution is -2.54. The van der Waals surface area contributed by atoms with Gasteiger partial charge in [0.05, 0.1) is 18.1 Å². The molecule has 0 saturated carbocycles. The van der Waals surface area contributed by atoms with E-state index in [0.29, 0.717) is 0 Å². The van der Waals surface area contributed by atoms with Crippen LogP contribution in [-0.2, 0) is 0 Å². The molecular formula is C6H8F9NSi. The minimum absolute atomic E-state index is 2.21. The molecule has 0 saturated heterocycles. The molecule has 0 amide bonds. The molecule has 17 heavy (non-hydrogen) atoms. The molecule has 2 N–H and O–H groups in total. The van der Waals surface area contributed by atoms with Crippen LogP contribution >= 0.6 is 0 Å². The van der Waals surface area contributed by atoms with Crippen molar-refractivity contribution in [2.45, 2.75) is 36.7 Å². The van der Waals surface area contributed by atoms with Gasteiger partial charge in [-0.15, -0.1) is 0 Å². The van der Waals surface area contributed by atoms with Crippen LogP contribution in [0.1, 0.15) is 0 Å². The van der Waals surface area contributed by atoms with Crippen LogP contribution in [0.5, 0.6) is 0 Å². The molecule has 0 bridgehead atoms. The van der Waals surface area contributed by atoms with Gasteiger partial charge in [-0.05, 0) is 0 Å². The van der Waals surface area contributed by atoms with Crippen molar-refractivity contribution < 1.29 is 39.5 Å². The Morgan fingerprint density at radius 1 is 0.588 bits per heavy atom. The number of nitrogens with two attached hydrogens (primary N) is 1. The second-order valence-electron chi connectivity index (χ2n) is 3.74. The average Bonchev–Trinajstić information content (AvgIpc) is 1.65. The van der Waals surface area contributed by atoms with Gasteiger partial charge in [0, 0.05) is 0 Å². The highest BCUT2D eigenvalue weighted by Gasteiger charge is 2.53. The zero-order valence-corrected chi connectivity index (χ0v) is 9.10. The predicted molar refractivity (Wildman–Crippen MR) is 42.5 cm³/mol. The van der Waals surface area contributed by atoms with Crippen LogP contribution in [0.3, 0.4) is 0 Å². The first kappa shape index (κ1) is 16.5. The Morgan fingerprint density at radius 3 is 0.882 bits per heavy atom. The molecule has 0 aliphatic heterocycles. The average molecular weight is 293 g/mol. The van der Waals surface area contributed by atoms with E-state index >= 15 is 0 Å². The fraction of sp³-hybridized carbons (Fsp3) is 1.00. The highest BCUT2D eigenvalue weighted by Crippen LogP contribution is 2.39. The van der Waals surface area contributed by atoms with Gasteiger partial charge in [-0.1, -0.05) is 0 Å². The molecule has 0 aromatic heterocycles. The quantitative estimate of drug-likeness (QED) is 0.624. The molecule has 0 rings (SSSR count). The molecule has 0 spiro atoms. The van der Waals surface area contributed by atoms with Crippen molar-refractivity contribution in [3.8, 4) is 0 Å². The molecule has 0 aliphatic carbocycles. The molecule has 0 radical (unpaired) electrons. The lowest BCUT2D eigenvalue weighted by Gasteiger charge is -2.29. The molecule has 104 valence electrons. The van der Waals surface area contributed by atoms with Crippen LogP contribution in [0.15, 0.2) is 0 Å². The fourth-order valence-corrected chi connectivity index (χ4v) is 4.16. The Labute approximate surface area is 90.9 Å². The van der Waals surface area contributed by atoms with Crippen molar-refractivity contribution in [2.24, 2.45) is 5.40 Å². The summed E-state index contributed by atoms with van der Waals surface area (Å²) in [6.07, 6.45) is -15.4. The third-order valence-corrected chi connectivity index (χ3v) is 4.97. The number of alkyl halides is 9. The van der Waals surface area contributed by atoms with E-state index in [1.807, 2.05) is 0 Å². The normalized spacial score (nSPS) is 15.2. The van der Waals surface area contributed by atoms with E-state index in [9.17, 15) is 39.5 Å². The summed E-state index contributed by atoms with van der Waals surface area (Å²) in [5.74, 6) is 0. The summed E-state index contributed by atoms with van der Waals surface area (Å²) in [7, 11) is -5.03. The molecule has 1 nitrogen and oxygen atoms in total. The third kappa shape index (κ3) is 9.27. The summed E-state index contributed by atoms with van der Waals surface area (Å²) in [6, 6.07) is -6.63. The summed E-state index contributed by atoms with van der Waals surface area (Å²) in [5, 5.41) is 4.74. The topological polar surface area (TPSA) is 26.0 Å². The molecule has 0 aliphatic rings. The van der Waals surface area contributed by atoms with Gasteiger partial charge in [-0.25, -0.2) is 0 Å². The number of halogens is 9. The highest BCUT2D eigenvalue weighted by atomic mass is 28.3. The Morgan fingerprint density at radius 2 is 0.765 bits per heavy atom. The number of hydrogen-bond acceptors (Lipinski definition) is 1. The first-order valence-corrected chi connectivity index (χ1v) is 6.81. The summed E-state index contributed by atoms with van der Waals surface area (Å²) < 4.78 is 107. The maximum absolute atomic E-state index is 11.9. The molecule has 0 aromatic carbocycles. The number of rotatable bonds is 3. The number of hydrogen-bond donors (Lipinski definition) is 1. The Hall–Kier alpha value is -0.453. The van der Waals surface area contributed by atoms with Crippen LogP contribution in [-0.4, -0.2) is 26.8 Å². The summed E-state index contributed by atoms with van der Waals surface area (Å²) >= 11 is 0. The molecule has 0 unspecified atom stereocenters. The van der Waals surface area contributed by atoms with Crippen LogP contribution in [0.2, 0.25) is 18.1 Å². The van der Waals surface area contributed by atoms with Crippen molar-refractivity contribution >= 4 is 8.24 Å². The molecular weight excluding hydrogens is 285 g/mol. The van der Waals surface area contributed by atoms with E-state index in [0.717, 1.165) is 0 Å². The van der Waals surface area contributed by atoms with E-state index in [4.69, 9.17) is 5.40 Å². The van der Waals surface area contributed by atoms with Gasteiger partial charge in [-0.2, -0.15) is 39.5 Å². The lowest BCUT2D eigenvalue weighted by molar-refractivity contribution is -0.127. The SMILES string of the molecule is N[Si](CC(F)(F)F)(CC(F)(F)F)CC(F)(F)F. The fourth-order valence-electron chi connectivity index (χ4n) is 1.39. The van der Waals surface area contributed by atoms with E-state index in [1.165, 1.54) is 0 Å². The van der Waals surface area contributed by atoms with Crippen molar-refractivity contribution in [3.63, 3.8) is 0 Å². The van der Waals surface area contributed by atoms with Gasteiger partial charge in [0.15, 0.2) is 8.24 Å². The molecule has 11 heteroatoms. The van der Waals surface area contributed by atoms with Crippen molar-refractivity contribution in [3.05, 3.63) is 0 Å². The van der Waals surface area contributed by atoms with Gasteiger partial charge >= 0.3 is 18.5 Å². The standard InChI is InChI=1S/C6H8F9NSi/c7-4(8,9)1-17(16,2-5(10,11)12)3-6(13,14)15/h1-3,16H2. The summed E-state index contributed by atoms with van der Waals surface area (Å²) in [6.45, 7) is 0. The Kier molecular flexibility index (Phi) is 4.54. The molecule has 0 heterocycles. The zero-order valence-electron chi connectivity index (χ0n) is 8.10. The summed E-state index contributed by atoms with van der Waals surface area (Å²) in [5.41, 5.74) is 0. The van der Waals surface area contributed by atoms with Crippen LogP contribution in [0.4, 0.5) is 39.5 Å². The first-order valence-electron chi connectivity index (χ1n) is 4.11. The minimum atomic E-state index is -5.14. The van der Waals surface area contributed by atoms with Gasteiger partial charge in [0.2, 0.25) is 0 Å². The Balaban J connectivity index is 4.95. The second-order valence-corrected chi connectivity index (χ2v) is 7.52. The van der Waals surface area contributed by atoms with Crippen molar-refractivity contribution in [1.29, 1.82) is 0 Å². The smallest absolute Gasteiger partial charge is 0.350 e. The monoisotopic (exact) mass is 293 g/mol. The summed E-state index contributed by atoms with van der Waals surface area (Å²) in [4.78, 5) is 0. The maximum atomic E-state index is 11.9. The largest absolute Gasteiger partial charge is 0.388 e. The highest BCUT2D eigenvalue weighted by molar-refractivity contribution is 6.77. The minimum Gasteiger partial charge on any atom is -0.350 e. The van der Waals surface area contributed by atoms with Crippen molar-refractivity contribution in [1.82, 2.24) is 0 Å². The van der Waals surface area contributed by atoms with E-state index in [2.05, 4.69) is 0 Å². The molecule has 0 fully saturated rings. The van der Waals surface area contributed by atoms with E-state index in [-0.39, 0.29) is 0 Å². The second kappa shape index (κ2) is 4.67. The van der Waals surface area contributed by atoms with Gasteiger partial charge in [-0.3, -0.25) is 0 Å². The zero-order chi connectivity index (χ0) is 14.1. The maximum Gasteiger partial charge on any atom is 0.388 e. The van der Waals surface area contributed by atoms with Crippen LogP contribution < -0.4 is 5.40 Å². The van der Waals surface area contributed by atoms with E-state index < -0.39 is 44.9 Å². The predicted octanol–water partition coefficient (Wildman–Crippen LogP) is 3.58. The van der Waals surface area contributed by atoms with Crippen molar-refractivity contribution in [2.75, 3.05) is 0 Å². The third-order valence-electron chi connectivity index (χ3n) is 1.66. The Bertz CT molecular complexity index is 211. The lowest BCUT2D eigenvalue weighted by atomic mass is 10.7. The molecule has 0 aromatic rings. The first-order chi connectivity index (χ1) is 7.12. The van der Waals surface area contributed by atoms with Crippen LogP contribution in [0.25, 0.3) is 0 Å². The molecule has 0 atom stereocenters. The van der Waals surface area contributed by atoms with Crippen LogP contribution in [0, 0.1) is 0 Å². The van der Waals surface area contributed by atoms with Gasteiger partial charge in [0.1, 0.15) is 0 Å². The van der Waals surface area contributed by atoms with Gasteiger partial charge < -0.3 is 5.40 Å². The van der Waals surface area contributed by atoms with Gasteiger partial charge in [0.25, 0.3) is 0 Å².